The van der Waals surface area contributed by atoms with Crippen LogP contribution >= 0.6 is 0 Å². The van der Waals surface area contributed by atoms with E-state index < -0.39 is 5.91 Å². The third-order valence-corrected chi connectivity index (χ3v) is 4.47. The number of hydrogen-bond donors (Lipinski definition) is 3. The molecule has 0 aliphatic heterocycles. The largest absolute Gasteiger partial charge is 0.337 e. The summed E-state index contributed by atoms with van der Waals surface area (Å²) in [7, 11) is 0. The van der Waals surface area contributed by atoms with Crippen molar-refractivity contribution in [3.8, 4) is 0 Å². The highest BCUT2D eigenvalue weighted by Crippen LogP contribution is 2.18. The van der Waals surface area contributed by atoms with Crippen LogP contribution in [0.1, 0.15) is 16.9 Å². The number of carbonyl (C=O) groups is 2. The number of hydrogen-bond acceptors (Lipinski definition) is 5. The second-order valence-electron chi connectivity index (χ2n) is 6.58. The van der Waals surface area contributed by atoms with E-state index in [0.29, 0.717) is 35.1 Å². The lowest BCUT2D eigenvalue weighted by molar-refractivity contribution is -0.116. The minimum Gasteiger partial charge on any atom is -0.337 e. The number of benzene rings is 2. The van der Waals surface area contributed by atoms with Gasteiger partial charge in [0.15, 0.2) is 5.69 Å². The zero-order valence-corrected chi connectivity index (χ0v) is 15.8. The van der Waals surface area contributed by atoms with Gasteiger partial charge in [0.1, 0.15) is 0 Å². The van der Waals surface area contributed by atoms with Crippen LogP contribution in [0.25, 0.3) is 10.8 Å². The molecule has 4 aromatic rings. The maximum atomic E-state index is 12.7. The van der Waals surface area contributed by atoms with Crippen LogP contribution in [0.15, 0.2) is 72.0 Å². The lowest BCUT2D eigenvalue weighted by Crippen LogP contribution is -2.19. The van der Waals surface area contributed by atoms with Crippen molar-refractivity contribution in [1.82, 2.24) is 19.7 Å². The Kier molecular flexibility index (Phi) is 5.33. The van der Waals surface area contributed by atoms with Gasteiger partial charge in [0.25, 0.3) is 11.5 Å². The molecule has 2 amide bonds. The van der Waals surface area contributed by atoms with E-state index >= 15 is 0 Å². The molecule has 0 saturated carbocycles. The van der Waals surface area contributed by atoms with Gasteiger partial charge in [-0.2, -0.15) is 5.10 Å². The predicted octanol–water partition coefficient (Wildman–Crippen LogP) is 2.40. The monoisotopic (exact) mass is 402 g/mol. The minimum absolute atomic E-state index is 0.111. The fourth-order valence-corrected chi connectivity index (χ4v) is 3.03. The van der Waals surface area contributed by atoms with Crippen molar-refractivity contribution in [2.45, 2.75) is 13.0 Å². The maximum Gasteiger partial charge on any atom is 0.276 e. The van der Waals surface area contributed by atoms with Crippen molar-refractivity contribution in [3.63, 3.8) is 0 Å². The number of fused-ring (bicyclic) bond motifs is 1. The first kappa shape index (κ1) is 19.1. The van der Waals surface area contributed by atoms with Crippen molar-refractivity contribution >= 4 is 34.0 Å². The lowest BCUT2D eigenvalue weighted by Gasteiger charge is -2.10. The van der Waals surface area contributed by atoms with Gasteiger partial charge in [-0.3, -0.25) is 14.4 Å². The summed E-state index contributed by atoms with van der Waals surface area (Å²) < 4.78 is 1.82. The van der Waals surface area contributed by atoms with E-state index in [-0.39, 0.29) is 17.2 Å². The van der Waals surface area contributed by atoms with Gasteiger partial charge in [-0.05, 0) is 24.3 Å². The molecule has 2 aromatic heterocycles. The third kappa shape index (κ3) is 4.25. The van der Waals surface area contributed by atoms with E-state index in [1.165, 1.54) is 0 Å². The van der Waals surface area contributed by atoms with Gasteiger partial charge in [-0.1, -0.05) is 24.3 Å². The first-order valence-electron chi connectivity index (χ1n) is 9.24. The molecular formula is C21H18N6O3. The molecule has 0 unspecified atom stereocenters. The van der Waals surface area contributed by atoms with Crippen LogP contribution in [0.2, 0.25) is 0 Å². The molecule has 9 nitrogen and oxygen atoms in total. The number of rotatable bonds is 6. The molecule has 2 heterocycles. The van der Waals surface area contributed by atoms with E-state index in [0.717, 1.165) is 0 Å². The number of imidazole rings is 1. The zero-order chi connectivity index (χ0) is 20.9. The van der Waals surface area contributed by atoms with Crippen LogP contribution in [0.5, 0.6) is 0 Å². The van der Waals surface area contributed by atoms with E-state index in [2.05, 4.69) is 25.8 Å². The highest BCUT2D eigenvalue weighted by atomic mass is 16.2. The standard InChI is InChI=1S/C21H18N6O3/c28-18(8-10-27-11-9-22-13-27)23-14-4-3-5-15(12-14)24-21(30)19-16-6-1-2-7-17(16)20(29)26-25-19/h1-7,9,11-13H,8,10H2,(H,23,28)(H,24,30)(H,26,29). The van der Waals surface area contributed by atoms with Crippen LogP contribution in [0.4, 0.5) is 11.4 Å². The molecule has 9 heteroatoms. The van der Waals surface area contributed by atoms with Crippen LogP contribution in [0, 0.1) is 0 Å². The minimum atomic E-state index is -0.467. The quantitative estimate of drug-likeness (QED) is 0.457. The third-order valence-electron chi connectivity index (χ3n) is 4.47. The van der Waals surface area contributed by atoms with Crippen LogP contribution < -0.4 is 16.2 Å². The molecule has 0 bridgehead atoms. The topological polar surface area (TPSA) is 122 Å². The average molecular weight is 402 g/mol. The summed E-state index contributed by atoms with van der Waals surface area (Å²) in [4.78, 5) is 40.7. The Bertz CT molecular complexity index is 1260. The molecular weight excluding hydrogens is 384 g/mol. The summed E-state index contributed by atoms with van der Waals surface area (Å²) in [5, 5.41) is 12.6. The highest BCUT2D eigenvalue weighted by molar-refractivity contribution is 6.11. The van der Waals surface area contributed by atoms with E-state index in [1.807, 2.05) is 4.57 Å². The lowest BCUT2D eigenvalue weighted by atomic mass is 10.1. The molecule has 0 atom stereocenters. The van der Waals surface area contributed by atoms with Crippen molar-refractivity contribution in [2.75, 3.05) is 10.6 Å². The average Bonchev–Trinajstić information content (AvgIpc) is 3.27. The van der Waals surface area contributed by atoms with Gasteiger partial charge in [0, 0.05) is 42.1 Å². The number of aromatic nitrogens is 4. The number of amides is 2. The van der Waals surface area contributed by atoms with Gasteiger partial charge in [-0.25, -0.2) is 10.1 Å². The Labute approximate surface area is 170 Å². The van der Waals surface area contributed by atoms with Crippen molar-refractivity contribution in [3.05, 3.63) is 83.3 Å². The number of anilines is 2. The van der Waals surface area contributed by atoms with Gasteiger partial charge in [-0.15, -0.1) is 0 Å². The number of H-pyrrole nitrogens is 1. The normalized spacial score (nSPS) is 10.7. The molecule has 0 saturated heterocycles. The Morgan fingerprint density at radius 2 is 1.77 bits per heavy atom. The molecule has 30 heavy (non-hydrogen) atoms. The summed E-state index contributed by atoms with van der Waals surface area (Å²) in [5.74, 6) is -0.619. The number of carbonyl (C=O) groups excluding carboxylic acids is 2. The Hall–Kier alpha value is -4.27. The number of nitrogens with one attached hydrogen (secondary N) is 3. The van der Waals surface area contributed by atoms with Crippen molar-refractivity contribution in [1.29, 1.82) is 0 Å². The molecule has 3 N–H and O–H groups in total. The number of nitrogens with zero attached hydrogens (tertiary/aromatic N) is 3. The smallest absolute Gasteiger partial charge is 0.276 e. The van der Waals surface area contributed by atoms with Crippen LogP contribution in [0.3, 0.4) is 0 Å². The van der Waals surface area contributed by atoms with Crippen LogP contribution in [-0.4, -0.2) is 31.6 Å². The molecule has 0 aliphatic rings. The van der Waals surface area contributed by atoms with Crippen LogP contribution in [-0.2, 0) is 11.3 Å². The first-order valence-corrected chi connectivity index (χ1v) is 9.24. The van der Waals surface area contributed by atoms with E-state index in [1.54, 1.807) is 67.3 Å². The molecule has 0 radical (unpaired) electrons. The SMILES string of the molecule is O=C(CCn1ccnc1)Nc1cccc(NC(=O)c2n[nH]c(=O)c3ccccc23)c1. The zero-order valence-electron chi connectivity index (χ0n) is 15.8. The summed E-state index contributed by atoms with van der Waals surface area (Å²) in [6, 6.07) is 13.6. The van der Waals surface area contributed by atoms with Gasteiger partial charge < -0.3 is 15.2 Å². The summed E-state index contributed by atoms with van der Waals surface area (Å²) in [5.41, 5.74) is 0.801. The molecule has 4 rings (SSSR count). The van der Waals surface area contributed by atoms with E-state index in [4.69, 9.17) is 0 Å². The first-order chi connectivity index (χ1) is 14.6. The van der Waals surface area contributed by atoms with Gasteiger partial charge in [0.05, 0.1) is 11.7 Å². The fraction of sp³-hybridized carbons (Fsp3) is 0.0952. The molecule has 2 aromatic carbocycles. The Morgan fingerprint density at radius 3 is 2.53 bits per heavy atom. The summed E-state index contributed by atoms with van der Waals surface area (Å²) in [6.45, 7) is 0.521. The van der Waals surface area contributed by atoms with Crippen molar-refractivity contribution in [2.24, 2.45) is 0 Å². The summed E-state index contributed by atoms with van der Waals surface area (Å²) in [6.07, 6.45) is 5.39. The molecule has 0 fully saturated rings. The highest BCUT2D eigenvalue weighted by Gasteiger charge is 2.14. The van der Waals surface area contributed by atoms with E-state index in [9.17, 15) is 14.4 Å². The Balaban J connectivity index is 1.45. The molecule has 0 spiro atoms. The molecule has 150 valence electrons. The summed E-state index contributed by atoms with van der Waals surface area (Å²) >= 11 is 0. The fourth-order valence-electron chi connectivity index (χ4n) is 3.03. The number of aryl methyl sites for hydroxylation is 1. The second kappa shape index (κ2) is 8.39. The van der Waals surface area contributed by atoms with Gasteiger partial charge in [0.2, 0.25) is 5.91 Å². The van der Waals surface area contributed by atoms with Crippen molar-refractivity contribution < 1.29 is 9.59 Å². The maximum absolute atomic E-state index is 12.7. The Morgan fingerprint density at radius 1 is 1.00 bits per heavy atom. The number of aromatic amines is 1. The predicted molar refractivity (Wildman–Crippen MR) is 112 cm³/mol. The molecule has 0 aliphatic carbocycles. The van der Waals surface area contributed by atoms with Gasteiger partial charge >= 0.3 is 0 Å². The second-order valence-corrected chi connectivity index (χ2v) is 6.58.